The summed E-state index contributed by atoms with van der Waals surface area (Å²) in [6.07, 6.45) is 8.01. The van der Waals surface area contributed by atoms with Gasteiger partial charge < -0.3 is 15.0 Å². The van der Waals surface area contributed by atoms with Crippen molar-refractivity contribution in [1.82, 2.24) is 14.7 Å². The third-order valence-corrected chi connectivity index (χ3v) is 3.70. The maximum atomic E-state index is 12.1. The largest absolute Gasteiger partial charge is 0.383 e. The summed E-state index contributed by atoms with van der Waals surface area (Å²) in [6, 6.07) is 0. The van der Waals surface area contributed by atoms with E-state index in [2.05, 4.69) is 10.4 Å². The van der Waals surface area contributed by atoms with Crippen LogP contribution in [0.1, 0.15) is 32.1 Å². The van der Waals surface area contributed by atoms with Crippen LogP contribution in [0.25, 0.3) is 0 Å². The van der Waals surface area contributed by atoms with Crippen molar-refractivity contribution in [3.63, 3.8) is 0 Å². The van der Waals surface area contributed by atoms with Crippen molar-refractivity contribution in [2.45, 2.75) is 38.6 Å². The van der Waals surface area contributed by atoms with Gasteiger partial charge in [0.1, 0.15) is 0 Å². The van der Waals surface area contributed by atoms with E-state index in [4.69, 9.17) is 4.74 Å². The molecule has 0 spiro atoms. The van der Waals surface area contributed by atoms with E-state index in [0.29, 0.717) is 31.8 Å². The fourth-order valence-corrected chi connectivity index (χ4v) is 2.49. The second-order valence-electron chi connectivity index (χ2n) is 5.51. The number of nitrogens with one attached hydrogen (secondary N) is 1. The summed E-state index contributed by atoms with van der Waals surface area (Å²) < 4.78 is 6.69. The smallest absolute Gasteiger partial charge is 0.244 e. The Labute approximate surface area is 130 Å². The first-order valence-electron chi connectivity index (χ1n) is 7.78. The molecule has 1 aromatic rings. The van der Waals surface area contributed by atoms with E-state index in [1.807, 2.05) is 0 Å². The van der Waals surface area contributed by atoms with E-state index in [0.717, 1.165) is 25.7 Å². The van der Waals surface area contributed by atoms with Gasteiger partial charge in [0.05, 0.1) is 31.6 Å². The molecule has 0 unspecified atom stereocenters. The van der Waals surface area contributed by atoms with Crippen LogP contribution < -0.4 is 5.32 Å². The average molecular weight is 308 g/mol. The van der Waals surface area contributed by atoms with Gasteiger partial charge in [0.25, 0.3) is 0 Å². The Morgan fingerprint density at radius 3 is 3.00 bits per heavy atom. The van der Waals surface area contributed by atoms with Crippen molar-refractivity contribution >= 4 is 17.5 Å². The molecule has 0 aromatic carbocycles. The summed E-state index contributed by atoms with van der Waals surface area (Å²) in [5, 5.41) is 6.92. The van der Waals surface area contributed by atoms with Crippen LogP contribution in [-0.2, 0) is 20.9 Å². The number of ether oxygens (including phenoxy) is 1. The van der Waals surface area contributed by atoms with Crippen molar-refractivity contribution in [1.29, 1.82) is 0 Å². The van der Waals surface area contributed by atoms with Gasteiger partial charge in [0.2, 0.25) is 11.8 Å². The highest BCUT2D eigenvalue weighted by Crippen LogP contribution is 2.12. The monoisotopic (exact) mass is 308 g/mol. The highest BCUT2D eigenvalue weighted by molar-refractivity contribution is 5.94. The molecule has 7 heteroatoms. The molecule has 1 aromatic heterocycles. The number of amides is 2. The summed E-state index contributed by atoms with van der Waals surface area (Å²) in [7, 11) is 1.63. The Morgan fingerprint density at radius 1 is 1.36 bits per heavy atom. The predicted octanol–water partition coefficient (Wildman–Crippen LogP) is 1.26. The first kappa shape index (κ1) is 16.5. The molecule has 2 amide bonds. The van der Waals surface area contributed by atoms with E-state index in [1.54, 1.807) is 29.1 Å². The molecule has 0 aliphatic carbocycles. The van der Waals surface area contributed by atoms with Gasteiger partial charge in [-0.05, 0) is 12.8 Å². The molecule has 1 aliphatic rings. The summed E-state index contributed by atoms with van der Waals surface area (Å²) in [4.78, 5) is 25.7. The molecule has 22 heavy (non-hydrogen) atoms. The molecule has 0 saturated carbocycles. The lowest BCUT2D eigenvalue weighted by molar-refractivity contribution is -0.135. The number of carbonyl (C=O) groups is 2. The maximum Gasteiger partial charge on any atom is 0.244 e. The Hall–Kier alpha value is -1.89. The van der Waals surface area contributed by atoms with Gasteiger partial charge in [-0.2, -0.15) is 5.10 Å². The number of methoxy groups -OCH3 is 1. The molecule has 1 saturated heterocycles. The van der Waals surface area contributed by atoms with Crippen molar-refractivity contribution in [2.75, 3.05) is 32.1 Å². The van der Waals surface area contributed by atoms with Crippen LogP contribution in [-0.4, -0.2) is 53.3 Å². The molecular formula is C15H24N4O3. The standard InChI is InChI=1S/C15H24N4O3/c1-22-9-8-19-11-13(10-16-19)17-14(20)12-18-7-5-3-2-4-6-15(18)21/h10-11H,2-9,12H2,1H3,(H,17,20). The average Bonchev–Trinajstić information content (AvgIpc) is 2.92. The number of likely N-dealkylation sites (tertiary alicyclic amines) is 1. The van der Waals surface area contributed by atoms with E-state index in [9.17, 15) is 9.59 Å². The van der Waals surface area contributed by atoms with Gasteiger partial charge >= 0.3 is 0 Å². The van der Waals surface area contributed by atoms with Crippen molar-refractivity contribution in [3.05, 3.63) is 12.4 Å². The summed E-state index contributed by atoms with van der Waals surface area (Å²) in [5.74, 6) is -0.106. The number of carbonyl (C=O) groups excluding carboxylic acids is 2. The number of hydrogen-bond acceptors (Lipinski definition) is 4. The van der Waals surface area contributed by atoms with Gasteiger partial charge in [0, 0.05) is 26.3 Å². The Kier molecular flexibility index (Phi) is 6.39. The molecule has 1 N–H and O–H groups in total. The lowest BCUT2D eigenvalue weighted by atomic mass is 10.1. The molecule has 1 aliphatic heterocycles. The third kappa shape index (κ3) is 5.14. The van der Waals surface area contributed by atoms with Crippen molar-refractivity contribution in [2.24, 2.45) is 0 Å². The van der Waals surface area contributed by atoms with E-state index in [-0.39, 0.29) is 18.4 Å². The van der Waals surface area contributed by atoms with Crippen LogP contribution in [0.15, 0.2) is 12.4 Å². The Morgan fingerprint density at radius 2 is 2.18 bits per heavy atom. The number of anilines is 1. The molecule has 1 fully saturated rings. The topological polar surface area (TPSA) is 76.5 Å². The lowest BCUT2D eigenvalue weighted by Gasteiger charge is -2.24. The quantitative estimate of drug-likeness (QED) is 0.858. The SMILES string of the molecule is COCCn1cc(NC(=O)CN2CCCCCCC2=O)cn1. The van der Waals surface area contributed by atoms with E-state index >= 15 is 0 Å². The van der Waals surface area contributed by atoms with Gasteiger partial charge in [-0.15, -0.1) is 0 Å². The molecule has 0 atom stereocenters. The first-order chi connectivity index (χ1) is 10.7. The molecule has 122 valence electrons. The zero-order valence-electron chi connectivity index (χ0n) is 13.1. The second-order valence-corrected chi connectivity index (χ2v) is 5.51. The summed E-state index contributed by atoms with van der Waals surface area (Å²) >= 11 is 0. The highest BCUT2D eigenvalue weighted by atomic mass is 16.5. The Balaban J connectivity index is 1.83. The van der Waals surface area contributed by atoms with Crippen molar-refractivity contribution in [3.8, 4) is 0 Å². The zero-order chi connectivity index (χ0) is 15.8. The molecule has 2 heterocycles. The number of nitrogens with zero attached hydrogens (tertiary/aromatic N) is 3. The van der Waals surface area contributed by atoms with Crippen LogP contribution in [0.4, 0.5) is 5.69 Å². The fraction of sp³-hybridized carbons (Fsp3) is 0.667. The molecule has 0 bridgehead atoms. The maximum absolute atomic E-state index is 12.1. The van der Waals surface area contributed by atoms with Gasteiger partial charge in [-0.1, -0.05) is 12.8 Å². The normalized spacial score (nSPS) is 16.2. The number of hydrogen-bond donors (Lipinski definition) is 1. The summed E-state index contributed by atoms with van der Waals surface area (Å²) in [6.45, 7) is 1.98. The van der Waals surface area contributed by atoms with Gasteiger partial charge in [0.15, 0.2) is 0 Å². The molecule has 2 rings (SSSR count). The second kappa shape index (κ2) is 8.53. The van der Waals surface area contributed by atoms with Gasteiger partial charge in [-0.3, -0.25) is 14.3 Å². The minimum Gasteiger partial charge on any atom is -0.383 e. The van der Waals surface area contributed by atoms with Crippen LogP contribution in [0.2, 0.25) is 0 Å². The van der Waals surface area contributed by atoms with E-state index in [1.165, 1.54) is 0 Å². The Bertz CT molecular complexity index is 501. The minimum atomic E-state index is -0.180. The van der Waals surface area contributed by atoms with Crippen LogP contribution in [0, 0.1) is 0 Å². The molecule has 7 nitrogen and oxygen atoms in total. The lowest BCUT2D eigenvalue weighted by Crippen LogP contribution is -2.39. The summed E-state index contributed by atoms with van der Waals surface area (Å²) in [5.41, 5.74) is 0.639. The van der Waals surface area contributed by atoms with Crippen LogP contribution >= 0.6 is 0 Å². The van der Waals surface area contributed by atoms with E-state index < -0.39 is 0 Å². The molecular weight excluding hydrogens is 284 g/mol. The van der Waals surface area contributed by atoms with Crippen LogP contribution in [0.5, 0.6) is 0 Å². The third-order valence-electron chi connectivity index (χ3n) is 3.70. The fourth-order valence-electron chi connectivity index (χ4n) is 2.49. The zero-order valence-corrected chi connectivity index (χ0v) is 13.1. The van der Waals surface area contributed by atoms with Crippen molar-refractivity contribution < 1.29 is 14.3 Å². The predicted molar refractivity (Wildman–Crippen MR) is 82.4 cm³/mol. The van der Waals surface area contributed by atoms with Gasteiger partial charge in [-0.25, -0.2) is 0 Å². The minimum absolute atomic E-state index is 0.0747. The number of aromatic nitrogens is 2. The number of rotatable bonds is 6. The highest BCUT2D eigenvalue weighted by Gasteiger charge is 2.18. The molecule has 0 radical (unpaired) electrons. The first-order valence-corrected chi connectivity index (χ1v) is 7.78. The van der Waals surface area contributed by atoms with Crippen LogP contribution in [0.3, 0.4) is 0 Å².